The molecule has 0 bridgehead atoms. The van der Waals surface area contributed by atoms with Crippen LogP contribution in [-0.4, -0.2) is 22.9 Å². The van der Waals surface area contributed by atoms with Crippen LogP contribution in [0.5, 0.6) is 5.88 Å². The van der Waals surface area contributed by atoms with Gasteiger partial charge in [0.25, 0.3) is 11.8 Å². The Morgan fingerprint density at radius 2 is 2.50 bits per heavy atom. The van der Waals surface area contributed by atoms with E-state index in [1.54, 1.807) is 0 Å². The zero-order valence-electron chi connectivity index (χ0n) is 5.34. The molecule has 0 spiro atoms. The van der Waals surface area contributed by atoms with E-state index >= 15 is 0 Å². The highest BCUT2D eigenvalue weighted by Gasteiger charge is 2.07. The Labute approximate surface area is 57.1 Å². The van der Waals surface area contributed by atoms with Crippen molar-refractivity contribution in [2.45, 2.75) is 0 Å². The summed E-state index contributed by atoms with van der Waals surface area (Å²) in [5, 5.41) is 12.7. The number of nitrogens with one attached hydrogen (secondary N) is 2. The molecule has 1 radical (unpaired) electrons. The Hall–Kier alpha value is -1.52. The van der Waals surface area contributed by atoms with E-state index in [0.717, 1.165) is 6.20 Å². The molecule has 1 aromatic rings. The van der Waals surface area contributed by atoms with Gasteiger partial charge >= 0.3 is 0 Å². The minimum Gasteiger partial charge on any atom is -0.352 e. The molecule has 0 aromatic carbocycles. The molecule has 2 N–H and O–H groups in total. The minimum absolute atomic E-state index is 0.0486. The van der Waals surface area contributed by atoms with Gasteiger partial charge in [0.05, 0.1) is 6.20 Å². The van der Waals surface area contributed by atoms with Gasteiger partial charge in [0.1, 0.15) is 0 Å². The van der Waals surface area contributed by atoms with E-state index < -0.39 is 5.88 Å². The predicted molar refractivity (Wildman–Crippen MR) is 32.1 cm³/mol. The summed E-state index contributed by atoms with van der Waals surface area (Å²) >= 11 is 0. The lowest BCUT2D eigenvalue weighted by Crippen LogP contribution is -2.18. The molecule has 5 nitrogen and oxygen atoms in total. The number of aromatic nitrogens is 2. The second-order valence-corrected chi connectivity index (χ2v) is 1.67. The highest BCUT2D eigenvalue weighted by Crippen LogP contribution is 2.02. The first-order chi connectivity index (χ1) is 4.74. The Morgan fingerprint density at radius 1 is 1.80 bits per heavy atom. The third kappa shape index (κ3) is 1.07. The maximum Gasteiger partial charge on any atom is 0.288 e. The Morgan fingerprint density at radius 3 is 2.90 bits per heavy atom. The number of rotatable bonds is 1. The summed E-state index contributed by atoms with van der Waals surface area (Å²) in [6, 6.07) is 0. The van der Waals surface area contributed by atoms with E-state index in [1.165, 1.54) is 7.05 Å². The number of carbonyl (C=O) groups is 1. The number of hydrogen-bond acceptors (Lipinski definition) is 2. The van der Waals surface area contributed by atoms with Crippen molar-refractivity contribution in [3.05, 3.63) is 12.0 Å². The van der Waals surface area contributed by atoms with E-state index in [9.17, 15) is 9.90 Å². The predicted octanol–water partition coefficient (Wildman–Crippen LogP) is -0.0869. The Balaban J connectivity index is 2.85. The zero-order valence-corrected chi connectivity index (χ0v) is 5.34. The fourth-order valence-electron chi connectivity index (χ4n) is 0.540. The van der Waals surface area contributed by atoms with E-state index in [4.69, 9.17) is 0 Å². The number of amides is 1. The molecule has 1 amide bonds. The van der Waals surface area contributed by atoms with Crippen LogP contribution in [0.1, 0.15) is 10.6 Å². The zero-order chi connectivity index (χ0) is 7.56. The Kier molecular flexibility index (Phi) is 1.57. The summed E-state index contributed by atoms with van der Waals surface area (Å²) in [6.07, 6.45) is 1.13. The second-order valence-electron chi connectivity index (χ2n) is 1.67. The highest BCUT2D eigenvalue weighted by molar-refractivity contribution is 5.90. The molecule has 1 aromatic heterocycles. The lowest BCUT2D eigenvalue weighted by Gasteiger charge is -1.89. The van der Waals surface area contributed by atoms with Crippen molar-refractivity contribution in [1.82, 2.24) is 15.3 Å². The molecule has 0 unspecified atom stereocenters. The third-order valence-corrected chi connectivity index (χ3v) is 0.996. The number of aromatic amines is 1. The van der Waals surface area contributed by atoms with Gasteiger partial charge in [-0.15, -0.1) is 0 Å². The molecule has 0 saturated carbocycles. The molecule has 0 atom stereocenters. The summed E-state index contributed by atoms with van der Waals surface area (Å²) in [4.78, 5) is 16.5. The van der Waals surface area contributed by atoms with Gasteiger partial charge in [-0.05, 0) is 0 Å². The van der Waals surface area contributed by atoms with Gasteiger partial charge in [-0.2, -0.15) is 4.98 Å². The number of carbonyl (C=O) groups excluding carboxylic acids is 1. The van der Waals surface area contributed by atoms with Gasteiger partial charge in [0.2, 0.25) is 0 Å². The second kappa shape index (κ2) is 2.38. The molecule has 0 aliphatic carbocycles. The van der Waals surface area contributed by atoms with Gasteiger partial charge in [-0.1, -0.05) is 0 Å². The lowest BCUT2D eigenvalue weighted by atomic mass is 10.6. The average Bonchev–Trinajstić information content (AvgIpc) is 2.34. The fourth-order valence-corrected chi connectivity index (χ4v) is 0.540. The summed E-state index contributed by atoms with van der Waals surface area (Å²) in [6.45, 7) is 0. The minimum atomic E-state index is -0.432. The molecule has 0 saturated heterocycles. The van der Waals surface area contributed by atoms with E-state index in [2.05, 4.69) is 15.3 Å². The van der Waals surface area contributed by atoms with Crippen LogP contribution >= 0.6 is 0 Å². The normalized spacial score (nSPS) is 9.30. The van der Waals surface area contributed by atoms with Crippen LogP contribution in [0.3, 0.4) is 0 Å². The first kappa shape index (κ1) is 6.60. The summed E-state index contributed by atoms with van der Waals surface area (Å²) in [7, 11) is 1.47. The number of hydrogen-bond donors (Lipinski definition) is 2. The Bertz CT molecular complexity index is 243. The van der Waals surface area contributed by atoms with Crippen LogP contribution < -0.4 is 5.32 Å². The van der Waals surface area contributed by atoms with Crippen LogP contribution in [0.4, 0.5) is 0 Å². The topological polar surface area (TPSA) is 77.7 Å². The lowest BCUT2D eigenvalue weighted by molar-refractivity contribution is 0.0953. The van der Waals surface area contributed by atoms with Crippen molar-refractivity contribution in [1.29, 1.82) is 0 Å². The van der Waals surface area contributed by atoms with Crippen molar-refractivity contribution < 1.29 is 9.90 Å². The van der Waals surface area contributed by atoms with Gasteiger partial charge in [-0.25, -0.2) is 0 Å². The molecule has 53 valence electrons. The molecule has 5 heteroatoms. The van der Waals surface area contributed by atoms with E-state index in [0.29, 0.717) is 0 Å². The fraction of sp³-hybridized carbons (Fsp3) is 0.200. The largest absolute Gasteiger partial charge is 0.352 e. The van der Waals surface area contributed by atoms with Gasteiger partial charge in [-0.3, -0.25) is 9.90 Å². The van der Waals surface area contributed by atoms with Crippen LogP contribution in [0.25, 0.3) is 0 Å². The molecule has 0 aliphatic rings. The summed E-state index contributed by atoms with van der Waals surface area (Å²) < 4.78 is 0. The molecule has 10 heavy (non-hydrogen) atoms. The standard InChI is InChI=1S/C5H6N3O2/c1-6-5(10)4-7-2-3(9)8-4/h2H,1H3,(H,6,10)(H,7,8). The monoisotopic (exact) mass is 140 g/mol. The van der Waals surface area contributed by atoms with E-state index in [1.807, 2.05) is 0 Å². The maximum absolute atomic E-state index is 10.7. The molecule has 1 heterocycles. The van der Waals surface area contributed by atoms with Gasteiger partial charge in [0.15, 0.2) is 5.82 Å². The molecular weight excluding hydrogens is 134 g/mol. The van der Waals surface area contributed by atoms with Crippen molar-refractivity contribution >= 4 is 5.91 Å². The highest BCUT2D eigenvalue weighted by atomic mass is 16.3. The van der Waals surface area contributed by atoms with E-state index in [-0.39, 0.29) is 11.7 Å². The first-order valence-corrected chi connectivity index (χ1v) is 2.68. The maximum atomic E-state index is 10.7. The number of nitrogens with zero attached hydrogens (tertiary/aromatic N) is 1. The summed E-state index contributed by atoms with van der Waals surface area (Å²) in [5.41, 5.74) is 0. The van der Waals surface area contributed by atoms with Crippen molar-refractivity contribution in [3.63, 3.8) is 0 Å². The van der Waals surface area contributed by atoms with Crippen molar-refractivity contribution in [3.8, 4) is 5.88 Å². The number of imidazole rings is 1. The molecule has 0 aliphatic heterocycles. The quantitative estimate of drug-likeness (QED) is 0.572. The third-order valence-electron chi connectivity index (χ3n) is 0.996. The van der Waals surface area contributed by atoms with Gasteiger partial charge in [0, 0.05) is 7.05 Å². The van der Waals surface area contributed by atoms with Crippen LogP contribution in [0.2, 0.25) is 0 Å². The van der Waals surface area contributed by atoms with Crippen LogP contribution in [0, 0.1) is 0 Å². The molecular formula is C5H6N3O2. The molecule has 1 rings (SSSR count). The average molecular weight is 140 g/mol. The van der Waals surface area contributed by atoms with Crippen LogP contribution in [-0.2, 0) is 5.11 Å². The smallest absolute Gasteiger partial charge is 0.288 e. The number of H-pyrrole nitrogens is 1. The SMILES string of the molecule is CNC(=O)c1nc([O])c[nH]1. The van der Waals surface area contributed by atoms with Gasteiger partial charge < -0.3 is 10.3 Å². The first-order valence-electron chi connectivity index (χ1n) is 2.68. The van der Waals surface area contributed by atoms with Crippen LogP contribution in [0.15, 0.2) is 6.20 Å². The molecule has 0 fully saturated rings. The summed E-state index contributed by atoms with van der Waals surface area (Å²) in [5.74, 6) is -0.770. The van der Waals surface area contributed by atoms with Crippen molar-refractivity contribution in [2.24, 2.45) is 0 Å². The van der Waals surface area contributed by atoms with Crippen molar-refractivity contribution in [2.75, 3.05) is 7.05 Å².